The van der Waals surface area contributed by atoms with Crippen LogP contribution >= 0.6 is 0 Å². The maximum absolute atomic E-state index is 10.9. The molecule has 0 aliphatic heterocycles. The summed E-state index contributed by atoms with van der Waals surface area (Å²) in [7, 11) is 0. The van der Waals surface area contributed by atoms with Crippen LogP contribution in [0.4, 0.5) is 0 Å². The maximum Gasteiger partial charge on any atom is 0.271 e. The molecule has 0 aromatic carbocycles. The number of hydrogen-bond donors (Lipinski definition) is 2. The van der Waals surface area contributed by atoms with E-state index in [0.29, 0.717) is 22.5 Å². The molecule has 126 valence electrons. The van der Waals surface area contributed by atoms with E-state index in [4.69, 9.17) is 10.5 Å². The van der Waals surface area contributed by atoms with Gasteiger partial charge in [-0.05, 0) is 26.8 Å². The Balaban J connectivity index is 2.34. The summed E-state index contributed by atoms with van der Waals surface area (Å²) < 4.78 is 7.06. The van der Waals surface area contributed by atoms with E-state index in [1.807, 2.05) is 0 Å². The third-order valence-electron chi connectivity index (χ3n) is 3.10. The second kappa shape index (κ2) is 6.82. The average Bonchev–Trinajstić information content (AvgIpc) is 2.79. The highest BCUT2D eigenvalue weighted by Gasteiger charge is 2.13. The number of rotatable bonds is 5. The van der Waals surface area contributed by atoms with Gasteiger partial charge < -0.3 is 15.6 Å². The molecule has 0 saturated carbocycles. The molecule has 0 spiro atoms. The van der Waals surface area contributed by atoms with E-state index in [1.54, 1.807) is 20.8 Å². The number of aromatic nitrogens is 3. The smallest absolute Gasteiger partial charge is 0.271 e. The minimum Gasteiger partial charge on any atom is -0.506 e. The molecule has 0 fully saturated rings. The molecule has 2 aromatic rings. The summed E-state index contributed by atoms with van der Waals surface area (Å²) in [5.41, 5.74) is 6.70. The van der Waals surface area contributed by atoms with Crippen molar-refractivity contribution in [3.63, 3.8) is 0 Å². The van der Waals surface area contributed by atoms with Crippen LogP contribution in [-0.2, 0) is 0 Å². The lowest BCUT2D eigenvalue weighted by atomic mass is 10.3. The number of allylic oxidation sites excluding steroid dienone is 5. The zero-order valence-corrected chi connectivity index (χ0v) is 13.4. The van der Waals surface area contributed by atoms with Gasteiger partial charge in [0, 0.05) is 23.4 Å². The van der Waals surface area contributed by atoms with Gasteiger partial charge in [0.15, 0.2) is 0 Å². The number of nitrogens with zero attached hydrogens (tertiary/aromatic N) is 4. The highest BCUT2D eigenvalue weighted by atomic mass is 16.6. The van der Waals surface area contributed by atoms with Crippen molar-refractivity contribution in [3.05, 3.63) is 63.6 Å². The first-order valence-electron chi connectivity index (χ1n) is 6.96. The Hall–Kier alpha value is -3.36. The Labute approximate surface area is 137 Å². The second-order valence-electron chi connectivity index (χ2n) is 5.11. The summed E-state index contributed by atoms with van der Waals surface area (Å²) in [5.74, 6) is 0.678. The summed E-state index contributed by atoms with van der Waals surface area (Å²) in [4.78, 5) is 14.4. The molecule has 0 aliphatic rings. The fourth-order valence-corrected chi connectivity index (χ4v) is 1.97. The Kier molecular flexibility index (Phi) is 4.83. The molecule has 9 heteroatoms. The van der Waals surface area contributed by atoms with Crippen molar-refractivity contribution in [2.75, 3.05) is 0 Å². The molecule has 0 saturated heterocycles. The summed E-state index contributed by atoms with van der Waals surface area (Å²) in [6, 6.07) is 0. The average molecular weight is 331 g/mol. The first-order valence-corrected chi connectivity index (χ1v) is 6.96. The molecule has 24 heavy (non-hydrogen) atoms. The predicted molar refractivity (Wildman–Crippen MR) is 86.8 cm³/mol. The minimum atomic E-state index is -0.543. The molecule has 3 N–H and O–H groups in total. The van der Waals surface area contributed by atoms with E-state index in [1.165, 1.54) is 35.3 Å². The van der Waals surface area contributed by atoms with Gasteiger partial charge in [-0.15, -0.1) is 0 Å². The third-order valence-corrected chi connectivity index (χ3v) is 3.10. The summed E-state index contributed by atoms with van der Waals surface area (Å²) in [5, 5.41) is 24.7. The molecule has 0 unspecified atom stereocenters. The topological polar surface area (TPSA) is 129 Å². The zero-order valence-electron chi connectivity index (χ0n) is 13.4. The van der Waals surface area contributed by atoms with Crippen molar-refractivity contribution in [2.45, 2.75) is 20.8 Å². The monoisotopic (exact) mass is 331 g/mol. The molecule has 0 amide bonds. The van der Waals surface area contributed by atoms with Crippen LogP contribution < -0.4 is 10.5 Å². The van der Waals surface area contributed by atoms with Crippen molar-refractivity contribution in [1.29, 1.82) is 0 Å². The fraction of sp³-hybridized carbons (Fsp3) is 0.200. The molecule has 2 aromatic heterocycles. The maximum atomic E-state index is 10.9. The van der Waals surface area contributed by atoms with Crippen LogP contribution in [0, 0.1) is 17.0 Å². The van der Waals surface area contributed by atoms with Crippen molar-refractivity contribution in [2.24, 2.45) is 5.73 Å². The second-order valence-corrected chi connectivity index (χ2v) is 5.11. The summed E-state index contributed by atoms with van der Waals surface area (Å²) >= 11 is 0. The van der Waals surface area contributed by atoms with Crippen LogP contribution in [-0.4, -0.2) is 24.6 Å². The van der Waals surface area contributed by atoms with E-state index in [0.717, 1.165) is 0 Å². The number of fused-ring (bicyclic) bond motifs is 1. The molecule has 2 rings (SSSR count). The van der Waals surface area contributed by atoms with Crippen LogP contribution in [0.25, 0.3) is 5.52 Å². The first kappa shape index (κ1) is 17.0. The Morgan fingerprint density at radius 1 is 1.46 bits per heavy atom. The van der Waals surface area contributed by atoms with Crippen LogP contribution in [0.5, 0.6) is 11.6 Å². The molecular formula is C15H17N5O4. The Morgan fingerprint density at radius 3 is 2.79 bits per heavy atom. The van der Waals surface area contributed by atoms with E-state index in [9.17, 15) is 15.2 Å². The number of nitrogens with two attached hydrogens (primary N) is 1. The Bertz CT molecular complexity index is 875. The highest BCUT2D eigenvalue weighted by molar-refractivity contribution is 5.66. The minimum absolute atomic E-state index is 0.0704. The van der Waals surface area contributed by atoms with Gasteiger partial charge >= 0.3 is 0 Å². The van der Waals surface area contributed by atoms with E-state index < -0.39 is 4.92 Å². The normalized spacial score (nSPS) is 13.4. The van der Waals surface area contributed by atoms with Crippen molar-refractivity contribution >= 4 is 5.52 Å². The number of hydrogen-bond acceptors (Lipinski definition) is 7. The van der Waals surface area contributed by atoms with Gasteiger partial charge in [0.25, 0.3) is 5.70 Å². The summed E-state index contributed by atoms with van der Waals surface area (Å²) in [6.07, 6.45) is 6.70. The SMILES string of the molecule is C\C(N)=C/C(=C\C=C(/C)Oc1ncnn2cc(O)c(C)c12)[N+](=O)[O-]. The van der Waals surface area contributed by atoms with Gasteiger partial charge in [0.05, 0.1) is 11.1 Å². The van der Waals surface area contributed by atoms with Gasteiger partial charge in [-0.1, -0.05) is 0 Å². The van der Waals surface area contributed by atoms with Gasteiger partial charge in [-0.3, -0.25) is 10.1 Å². The number of ether oxygens (including phenoxy) is 1. The summed E-state index contributed by atoms with van der Waals surface area (Å²) in [6.45, 7) is 4.90. The number of nitro groups is 1. The zero-order chi connectivity index (χ0) is 17.9. The lowest BCUT2D eigenvalue weighted by molar-refractivity contribution is -0.419. The highest BCUT2D eigenvalue weighted by Crippen LogP contribution is 2.28. The predicted octanol–water partition coefficient (Wildman–Crippen LogP) is 2.05. The van der Waals surface area contributed by atoms with Crippen molar-refractivity contribution in [1.82, 2.24) is 14.6 Å². The van der Waals surface area contributed by atoms with Gasteiger partial charge in [-0.25, -0.2) is 4.52 Å². The van der Waals surface area contributed by atoms with Crippen LogP contribution in [0.2, 0.25) is 0 Å². The van der Waals surface area contributed by atoms with E-state index in [2.05, 4.69) is 10.1 Å². The molecule has 0 aliphatic carbocycles. The molecule has 0 atom stereocenters. The standard InChI is InChI=1S/C15H17N5O4/c1-9(16)6-12(20(22)23)5-4-10(2)24-15-14-11(3)13(21)7-19(14)18-8-17-15/h4-8,21H,16H2,1-3H3/b9-6+,10-4+,12-5+. The largest absolute Gasteiger partial charge is 0.506 e. The molecule has 2 heterocycles. The molecule has 0 bridgehead atoms. The molecule has 9 nitrogen and oxygen atoms in total. The third kappa shape index (κ3) is 3.69. The van der Waals surface area contributed by atoms with Crippen LogP contribution in [0.1, 0.15) is 19.4 Å². The fourth-order valence-electron chi connectivity index (χ4n) is 1.97. The number of aryl methyl sites for hydroxylation is 1. The lowest BCUT2D eigenvalue weighted by Gasteiger charge is -2.06. The van der Waals surface area contributed by atoms with E-state index >= 15 is 0 Å². The molecule has 0 radical (unpaired) electrons. The van der Waals surface area contributed by atoms with Crippen LogP contribution in [0.3, 0.4) is 0 Å². The molecular weight excluding hydrogens is 314 g/mol. The van der Waals surface area contributed by atoms with Gasteiger partial charge in [-0.2, -0.15) is 10.1 Å². The van der Waals surface area contributed by atoms with Crippen molar-refractivity contribution in [3.8, 4) is 11.6 Å². The Morgan fingerprint density at radius 2 is 2.17 bits per heavy atom. The first-order chi connectivity index (χ1) is 11.3. The quantitative estimate of drug-likeness (QED) is 0.371. The lowest BCUT2D eigenvalue weighted by Crippen LogP contribution is -2.01. The van der Waals surface area contributed by atoms with Gasteiger partial charge in [0.1, 0.15) is 23.4 Å². The van der Waals surface area contributed by atoms with E-state index in [-0.39, 0.29) is 17.3 Å². The van der Waals surface area contributed by atoms with Crippen molar-refractivity contribution < 1.29 is 14.8 Å². The van der Waals surface area contributed by atoms with Gasteiger partial charge in [0.2, 0.25) is 5.88 Å². The number of aromatic hydroxyl groups is 1. The van der Waals surface area contributed by atoms with Crippen LogP contribution in [0.15, 0.2) is 47.9 Å².